The molecule has 25 heavy (non-hydrogen) atoms. The second-order valence-electron chi connectivity index (χ2n) is 5.06. The van der Waals surface area contributed by atoms with Crippen LogP contribution < -0.4 is 11.3 Å². The first-order valence-corrected chi connectivity index (χ1v) is 8.47. The summed E-state index contributed by atoms with van der Waals surface area (Å²) in [6.07, 6.45) is -2.81. The molecule has 0 spiro atoms. The molecule has 12 nitrogen and oxygen atoms in total. The van der Waals surface area contributed by atoms with Crippen LogP contribution in [0.15, 0.2) is 11.1 Å². The summed E-state index contributed by atoms with van der Waals surface area (Å²) in [5.41, 5.74) is 4.97. The molecular weight excluding hydrogens is 364 g/mol. The van der Waals surface area contributed by atoms with Gasteiger partial charge in [-0.05, 0) is 6.92 Å². The van der Waals surface area contributed by atoms with Crippen molar-refractivity contribution in [2.45, 2.75) is 25.4 Å². The van der Waals surface area contributed by atoms with Gasteiger partial charge in [0.25, 0.3) is 5.56 Å². The highest BCUT2D eigenvalue weighted by molar-refractivity contribution is 7.46. The molecule has 140 valence electrons. The predicted octanol–water partition coefficient (Wildman–Crippen LogP) is -0.955. The van der Waals surface area contributed by atoms with E-state index in [0.717, 1.165) is 0 Å². The lowest BCUT2D eigenvalue weighted by Gasteiger charge is -2.25. The van der Waals surface area contributed by atoms with Crippen LogP contribution in [-0.2, 0) is 13.8 Å². The minimum Gasteiger partial charge on any atom is -0.388 e. The van der Waals surface area contributed by atoms with Gasteiger partial charge in [-0.15, -0.1) is 0 Å². The number of aliphatic hydroxyl groups is 1. The molecule has 0 saturated heterocycles. The molecular formula is C11H17FN5O7P. The van der Waals surface area contributed by atoms with Crippen LogP contribution in [0.3, 0.4) is 0 Å². The van der Waals surface area contributed by atoms with Crippen molar-refractivity contribution in [1.29, 1.82) is 0 Å². The molecule has 6 N–H and O–H groups in total. The fraction of sp³-hybridized carbons (Fsp3) is 0.545. The molecule has 0 fully saturated rings. The van der Waals surface area contributed by atoms with Crippen molar-refractivity contribution in [2.24, 2.45) is 0 Å². The first-order chi connectivity index (χ1) is 11.6. The summed E-state index contributed by atoms with van der Waals surface area (Å²) in [6, 6.07) is 0. The third kappa shape index (κ3) is 4.81. The van der Waals surface area contributed by atoms with E-state index in [1.54, 1.807) is 0 Å². The Kier molecular flexibility index (Phi) is 5.87. The zero-order chi connectivity index (χ0) is 18.8. The lowest BCUT2D eigenvalue weighted by Crippen LogP contribution is -2.36. The molecule has 0 aliphatic heterocycles. The normalized spacial score (nSPS) is 16.0. The van der Waals surface area contributed by atoms with Gasteiger partial charge in [-0.1, -0.05) is 0 Å². The highest BCUT2D eigenvalue weighted by Crippen LogP contribution is 2.36. The smallest absolute Gasteiger partial charge is 0.388 e. The number of aromatic nitrogens is 4. The quantitative estimate of drug-likeness (QED) is 0.357. The number of nitrogens with zero attached hydrogens (tertiary/aromatic N) is 3. The van der Waals surface area contributed by atoms with E-state index < -0.39 is 45.1 Å². The number of H-pyrrole nitrogens is 1. The number of rotatable bonds is 8. The van der Waals surface area contributed by atoms with Gasteiger partial charge in [0.2, 0.25) is 5.95 Å². The molecule has 14 heteroatoms. The van der Waals surface area contributed by atoms with Gasteiger partial charge in [-0.2, -0.15) is 4.98 Å². The summed E-state index contributed by atoms with van der Waals surface area (Å²) in [7, 11) is -4.83. The van der Waals surface area contributed by atoms with Crippen LogP contribution in [0.25, 0.3) is 11.2 Å². The van der Waals surface area contributed by atoms with Crippen LogP contribution >= 0.6 is 7.82 Å². The van der Waals surface area contributed by atoms with Gasteiger partial charge in [-0.3, -0.25) is 18.9 Å². The maximum atomic E-state index is 12.7. The van der Waals surface area contributed by atoms with Crippen LogP contribution in [0.4, 0.5) is 10.3 Å². The van der Waals surface area contributed by atoms with Crippen LogP contribution in [0.5, 0.6) is 0 Å². The first-order valence-electron chi connectivity index (χ1n) is 6.94. The molecule has 0 saturated carbocycles. The van der Waals surface area contributed by atoms with Crippen LogP contribution in [0, 0.1) is 0 Å². The Labute approximate surface area is 139 Å². The number of alkyl halides is 1. The van der Waals surface area contributed by atoms with Crippen molar-refractivity contribution in [3.05, 3.63) is 16.7 Å². The first kappa shape index (κ1) is 19.4. The molecule has 0 aliphatic carbocycles. The second kappa shape index (κ2) is 7.56. The Morgan fingerprint density at radius 2 is 2.20 bits per heavy atom. The van der Waals surface area contributed by atoms with E-state index in [0.29, 0.717) is 0 Å². The van der Waals surface area contributed by atoms with Crippen molar-refractivity contribution in [3.63, 3.8) is 0 Å². The average Bonchev–Trinajstić information content (AvgIpc) is 2.93. The topological polar surface area (TPSA) is 186 Å². The molecule has 2 rings (SSSR count). The lowest BCUT2D eigenvalue weighted by molar-refractivity contribution is -0.118. The average molecular weight is 381 g/mol. The third-order valence-electron chi connectivity index (χ3n) is 3.21. The maximum absolute atomic E-state index is 12.7. The van der Waals surface area contributed by atoms with Crippen LogP contribution in [0.1, 0.15) is 13.2 Å². The number of aliphatic hydroxyl groups excluding tert-OH is 1. The number of aromatic amines is 1. The predicted molar refractivity (Wildman–Crippen MR) is 82.1 cm³/mol. The number of fused-ring (bicyclic) bond motifs is 1. The van der Waals surface area contributed by atoms with Crippen molar-refractivity contribution in [3.8, 4) is 0 Å². The minimum absolute atomic E-state index is 0.0151. The Morgan fingerprint density at radius 3 is 2.80 bits per heavy atom. The number of nitrogens with two attached hydrogens (primary N) is 1. The molecule has 2 aromatic heterocycles. The van der Waals surface area contributed by atoms with Gasteiger partial charge < -0.3 is 25.4 Å². The van der Waals surface area contributed by atoms with E-state index in [1.165, 1.54) is 17.8 Å². The molecule has 2 aromatic rings. The van der Waals surface area contributed by atoms with E-state index in [1.807, 2.05) is 0 Å². The number of nitrogen functional groups attached to an aromatic ring is 1. The molecule has 0 amide bonds. The monoisotopic (exact) mass is 381 g/mol. The summed E-state index contributed by atoms with van der Waals surface area (Å²) in [4.78, 5) is 39.2. The van der Waals surface area contributed by atoms with E-state index >= 15 is 0 Å². The summed E-state index contributed by atoms with van der Waals surface area (Å²) in [5.74, 6) is -0.156. The standard InChI is InChI=1S/C11H17FN5O7P/c1-5(24-7(6(18)2-12)3-23-25(20,21)22)17-4-14-8-9(17)15-11(13)16-10(8)19/h4-7,18H,2-3H2,1H3,(H2,20,21,22)(H3,13,15,16,19)/t5?,6?,7-/m1/s1. The number of anilines is 1. The molecule has 0 aliphatic rings. The third-order valence-corrected chi connectivity index (χ3v) is 3.69. The molecule has 2 heterocycles. The van der Waals surface area contributed by atoms with E-state index in [2.05, 4.69) is 19.5 Å². The zero-order valence-corrected chi connectivity index (χ0v) is 13.8. The SMILES string of the molecule is CC(O[C@H](COP(=O)(O)O)C(O)CF)n1cnc2c(=O)[nH]c(N)nc21. The van der Waals surface area contributed by atoms with Crippen molar-refractivity contribution >= 4 is 24.9 Å². The summed E-state index contributed by atoms with van der Waals surface area (Å²) >= 11 is 0. The molecule has 3 atom stereocenters. The summed E-state index contributed by atoms with van der Waals surface area (Å²) in [5, 5.41) is 9.61. The fourth-order valence-electron chi connectivity index (χ4n) is 2.04. The van der Waals surface area contributed by atoms with Gasteiger partial charge in [0, 0.05) is 0 Å². The number of phosphoric ester groups is 1. The van der Waals surface area contributed by atoms with E-state index in [4.69, 9.17) is 20.3 Å². The van der Waals surface area contributed by atoms with Gasteiger partial charge in [0.15, 0.2) is 11.2 Å². The highest BCUT2D eigenvalue weighted by atomic mass is 31.2. The minimum atomic E-state index is -4.83. The highest BCUT2D eigenvalue weighted by Gasteiger charge is 2.27. The molecule has 0 aromatic carbocycles. The number of hydrogen-bond donors (Lipinski definition) is 5. The lowest BCUT2D eigenvalue weighted by atomic mass is 10.2. The van der Waals surface area contributed by atoms with Crippen molar-refractivity contribution < 1.29 is 33.1 Å². The van der Waals surface area contributed by atoms with E-state index in [9.17, 15) is 18.9 Å². The zero-order valence-electron chi connectivity index (χ0n) is 12.9. The molecule has 0 bridgehead atoms. The fourth-order valence-corrected chi connectivity index (χ4v) is 2.38. The number of ether oxygens (including phenoxy) is 1. The maximum Gasteiger partial charge on any atom is 0.469 e. The Bertz CT molecular complexity index is 836. The Balaban J connectivity index is 2.24. The number of hydrogen-bond acceptors (Lipinski definition) is 8. The van der Waals surface area contributed by atoms with Crippen LogP contribution in [0.2, 0.25) is 0 Å². The number of imidazole rings is 1. The number of halogens is 1. The largest absolute Gasteiger partial charge is 0.469 e. The van der Waals surface area contributed by atoms with Gasteiger partial charge in [-0.25, -0.2) is 13.9 Å². The second-order valence-corrected chi connectivity index (χ2v) is 6.30. The summed E-state index contributed by atoms with van der Waals surface area (Å²) in [6.45, 7) is -0.518. The van der Waals surface area contributed by atoms with Gasteiger partial charge in [0.1, 0.15) is 25.1 Å². The Hall–Kier alpha value is -1.89. The Morgan fingerprint density at radius 1 is 1.52 bits per heavy atom. The van der Waals surface area contributed by atoms with Crippen molar-refractivity contribution in [1.82, 2.24) is 19.5 Å². The molecule has 0 radical (unpaired) electrons. The number of phosphoric acid groups is 1. The molecule has 2 unspecified atom stereocenters. The van der Waals surface area contributed by atoms with E-state index in [-0.39, 0.29) is 17.1 Å². The van der Waals surface area contributed by atoms with Gasteiger partial charge >= 0.3 is 7.82 Å². The van der Waals surface area contributed by atoms with Gasteiger partial charge in [0.05, 0.1) is 12.9 Å². The van der Waals surface area contributed by atoms with Crippen LogP contribution in [-0.4, -0.2) is 59.9 Å². The van der Waals surface area contributed by atoms with Crippen molar-refractivity contribution in [2.75, 3.05) is 19.0 Å². The number of nitrogens with one attached hydrogen (secondary N) is 1. The summed E-state index contributed by atoms with van der Waals surface area (Å²) < 4.78 is 34.5.